The third kappa shape index (κ3) is 3.18. The van der Waals surface area contributed by atoms with Gasteiger partial charge in [0.2, 0.25) is 5.91 Å². The molecule has 1 aromatic carbocycles. The van der Waals surface area contributed by atoms with E-state index in [1.165, 1.54) is 0 Å². The molecule has 1 aliphatic heterocycles. The summed E-state index contributed by atoms with van der Waals surface area (Å²) in [7, 11) is 0. The minimum atomic E-state index is 0.196. The van der Waals surface area contributed by atoms with Crippen LogP contribution in [0.1, 0.15) is 25.3 Å². The molecule has 1 unspecified atom stereocenters. The Balaban J connectivity index is 1.98. The molecule has 100 valence electrons. The smallest absolute Gasteiger partial charge is 0.222 e. The van der Waals surface area contributed by atoms with E-state index < -0.39 is 0 Å². The molecule has 0 aliphatic carbocycles. The molecule has 19 heavy (non-hydrogen) atoms. The summed E-state index contributed by atoms with van der Waals surface area (Å²) in [6, 6.07) is 7.58. The topological polar surface area (TPSA) is 56.1 Å². The maximum absolute atomic E-state index is 11.6. The number of anilines is 1. The van der Waals surface area contributed by atoms with Gasteiger partial charge < -0.3 is 10.2 Å². The highest BCUT2D eigenvalue weighted by atomic mass is 35.5. The number of rotatable bonds is 3. The monoisotopic (exact) mass is 277 g/mol. The molecule has 1 fully saturated rings. The molecule has 1 aliphatic rings. The second-order valence-corrected chi connectivity index (χ2v) is 5.04. The Labute approximate surface area is 118 Å². The molecule has 1 heterocycles. The largest absolute Gasteiger partial charge is 0.380 e. The summed E-state index contributed by atoms with van der Waals surface area (Å²) in [5, 5.41) is 12.6. The molecule has 0 spiro atoms. The van der Waals surface area contributed by atoms with Gasteiger partial charge in [0.25, 0.3) is 0 Å². The van der Waals surface area contributed by atoms with Gasteiger partial charge in [0.1, 0.15) is 6.07 Å². The predicted molar refractivity (Wildman–Crippen MR) is 75.1 cm³/mol. The van der Waals surface area contributed by atoms with Crippen LogP contribution in [0.2, 0.25) is 5.02 Å². The van der Waals surface area contributed by atoms with Crippen LogP contribution in [0.25, 0.3) is 0 Å². The second-order valence-electron chi connectivity index (χ2n) is 4.63. The molecule has 2 rings (SSSR count). The Morgan fingerprint density at radius 3 is 3.05 bits per heavy atom. The Kier molecular flexibility index (Phi) is 4.28. The number of benzene rings is 1. The van der Waals surface area contributed by atoms with E-state index >= 15 is 0 Å². The van der Waals surface area contributed by atoms with Crippen molar-refractivity contribution in [1.82, 2.24) is 4.90 Å². The fourth-order valence-electron chi connectivity index (χ4n) is 2.26. The van der Waals surface area contributed by atoms with Gasteiger partial charge in [-0.3, -0.25) is 4.79 Å². The molecule has 0 bridgehead atoms. The van der Waals surface area contributed by atoms with Gasteiger partial charge in [0, 0.05) is 31.2 Å². The van der Waals surface area contributed by atoms with Gasteiger partial charge in [-0.25, -0.2) is 0 Å². The normalized spacial score (nSPS) is 18.2. The fraction of sp³-hybridized carbons (Fsp3) is 0.429. The zero-order chi connectivity index (χ0) is 13.8. The van der Waals surface area contributed by atoms with Crippen molar-refractivity contribution in [3.8, 4) is 6.07 Å². The van der Waals surface area contributed by atoms with Gasteiger partial charge in [-0.2, -0.15) is 5.26 Å². The Hall–Kier alpha value is -1.73. The van der Waals surface area contributed by atoms with Gasteiger partial charge in [-0.1, -0.05) is 18.5 Å². The Bertz CT molecular complexity index is 524. The molecular weight excluding hydrogens is 262 g/mol. The number of nitriles is 1. The fourth-order valence-corrected chi connectivity index (χ4v) is 2.48. The number of hydrogen-bond acceptors (Lipinski definition) is 3. The number of carbonyl (C=O) groups excluding carboxylic acids is 1. The van der Waals surface area contributed by atoms with Crippen LogP contribution in [-0.4, -0.2) is 29.9 Å². The summed E-state index contributed by atoms with van der Waals surface area (Å²) in [6.45, 7) is 3.40. The number of nitrogens with one attached hydrogen (secondary N) is 1. The lowest BCUT2D eigenvalue weighted by Gasteiger charge is -2.17. The molecule has 1 atom stereocenters. The standard InChI is InChI=1S/C14H16ClN3O/c1-2-14(19)18-6-5-12(9-18)17-11-4-3-10(8-16)13(15)7-11/h3-4,7,12,17H,2,5-6,9H2,1H3. The number of amides is 1. The van der Waals surface area contributed by atoms with E-state index in [4.69, 9.17) is 16.9 Å². The van der Waals surface area contributed by atoms with Crippen molar-refractivity contribution in [2.45, 2.75) is 25.8 Å². The highest BCUT2D eigenvalue weighted by molar-refractivity contribution is 6.32. The third-order valence-electron chi connectivity index (χ3n) is 3.30. The predicted octanol–water partition coefficient (Wildman–Crippen LogP) is 2.63. The molecule has 1 N–H and O–H groups in total. The van der Waals surface area contributed by atoms with E-state index in [1.54, 1.807) is 12.1 Å². The lowest BCUT2D eigenvalue weighted by molar-refractivity contribution is -0.129. The third-order valence-corrected chi connectivity index (χ3v) is 3.62. The number of likely N-dealkylation sites (tertiary alicyclic amines) is 1. The maximum atomic E-state index is 11.6. The van der Waals surface area contributed by atoms with Crippen LogP contribution < -0.4 is 5.32 Å². The van der Waals surface area contributed by atoms with Gasteiger partial charge in [-0.15, -0.1) is 0 Å². The molecule has 0 aromatic heterocycles. The maximum Gasteiger partial charge on any atom is 0.222 e. The van der Waals surface area contributed by atoms with Crippen molar-refractivity contribution in [2.75, 3.05) is 18.4 Å². The molecule has 1 amide bonds. The first kappa shape index (κ1) is 13.7. The van der Waals surface area contributed by atoms with Crippen molar-refractivity contribution in [2.24, 2.45) is 0 Å². The number of nitrogens with zero attached hydrogens (tertiary/aromatic N) is 2. The molecule has 0 saturated carbocycles. The summed E-state index contributed by atoms with van der Waals surface area (Å²) in [5.74, 6) is 0.196. The van der Waals surface area contributed by atoms with E-state index in [0.717, 1.165) is 25.2 Å². The van der Waals surface area contributed by atoms with Gasteiger partial charge in [0.05, 0.1) is 10.6 Å². The molecular formula is C14H16ClN3O. The first-order chi connectivity index (χ1) is 9.13. The molecule has 1 saturated heterocycles. The van der Waals surface area contributed by atoms with Crippen molar-refractivity contribution in [1.29, 1.82) is 5.26 Å². The van der Waals surface area contributed by atoms with Crippen molar-refractivity contribution < 1.29 is 4.79 Å². The number of halogens is 1. The summed E-state index contributed by atoms with van der Waals surface area (Å²) < 4.78 is 0. The van der Waals surface area contributed by atoms with Crippen molar-refractivity contribution >= 4 is 23.2 Å². The molecule has 4 nitrogen and oxygen atoms in total. The van der Waals surface area contributed by atoms with Crippen LogP contribution in [0.5, 0.6) is 0 Å². The summed E-state index contributed by atoms with van der Waals surface area (Å²) in [5.41, 5.74) is 1.36. The van der Waals surface area contributed by atoms with E-state index in [0.29, 0.717) is 17.0 Å². The first-order valence-corrected chi connectivity index (χ1v) is 6.75. The minimum absolute atomic E-state index is 0.196. The Morgan fingerprint density at radius 2 is 2.42 bits per heavy atom. The van der Waals surface area contributed by atoms with Crippen LogP contribution in [-0.2, 0) is 4.79 Å². The highest BCUT2D eigenvalue weighted by Gasteiger charge is 2.25. The lowest BCUT2D eigenvalue weighted by Crippen LogP contribution is -2.30. The average Bonchev–Trinajstić information content (AvgIpc) is 2.86. The van der Waals surface area contributed by atoms with Gasteiger partial charge >= 0.3 is 0 Å². The number of hydrogen-bond donors (Lipinski definition) is 1. The quantitative estimate of drug-likeness (QED) is 0.924. The summed E-state index contributed by atoms with van der Waals surface area (Å²) in [6.07, 6.45) is 1.48. The van der Waals surface area contributed by atoms with Crippen LogP contribution in [0.4, 0.5) is 5.69 Å². The Morgan fingerprint density at radius 1 is 1.63 bits per heavy atom. The SMILES string of the molecule is CCC(=O)N1CCC(Nc2ccc(C#N)c(Cl)c2)C1. The number of carbonyl (C=O) groups is 1. The van der Waals surface area contributed by atoms with E-state index in [9.17, 15) is 4.79 Å². The lowest BCUT2D eigenvalue weighted by atomic mass is 10.2. The first-order valence-electron chi connectivity index (χ1n) is 6.38. The zero-order valence-corrected chi connectivity index (χ0v) is 11.6. The minimum Gasteiger partial charge on any atom is -0.380 e. The molecule has 5 heteroatoms. The van der Waals surface area contributed by atoms with E-state index in [1.807, 2.05) is 24.0 Å². The molecule has 1 aromatic rings. The molecule has 0 radical (unpaired) electrons. The van der Waals surface area contributed by atoms with E-state index in [2.05, 4.69) is 5.32 Å². The highest BCUT2D eigenvalue weighted by Crippen LogP contribution is 2.22. The van der Waals surface area contributed by atoms with Crippen LogP contribution >= 0.6 is 11.6 Å². The average molecular weight is 278 g/mol. The van der Waals surface area contributed by atoms with Gasteiger partial charge in [0.15, 0.2) is 0 Å². The van der Waals surface area contributed by atoms with Crippen molar-refractivity contribution in [3.05, 3.63) is 28.8 Å². The summed E-state index contributed by atoms with van der Waals surface area (Å²) >= 11 is 5.99. The van der Waals surface area contributed by atoms with Gasteiger partial charge in [-0.05, 0) is 24.6 Å². The van der Waals surface area contributed by atoms with Crippen molar-refractivity contribution in [3.63, 3.8) is 0 Å². The van der Waals surface area contributed by atoms with Crippen LogP contribution in [0.3, 0.4) is 0 Å². The van der Waals surface area contributed by atoms with Crippen LogP contribution in [0.15, 0.2) is 18.2 Å². The summed E-state index contributed by atoms with van der Waals surface area (Å²) in [4.78, 5) is 13.5. The van der Waals surface area contributed by atoms with Crippen LogP contribution in [0, 0.1) is 11.3 Å². The zero-order valence-electron chi connectivity index (χ0n) is 10.8. The van der Waals surface area contributed by atoms with E-state index in [-0.39, 0.29) is 11.9 Å². The second kappa shape index (κ2) is 5.94.